The standard InChI is InChI=1S/C14H16N6O3.ClH/c21-14(18-11-2-1-5-15-7-11)10-3-4-12(13(6-10)20(22)23)19-9-16-8-17-19;/h3-4,6,8-9,11,15H,1-2,5,7H2,(H,18,21);1H/t11-;/m0./s1. The molecule has 0 unspecified atom stereocenters. The van der Waals surface area contributed by atoms with Crippen molar-refractivity contribution in [2.75, 3.05) is 13.1 Å². The minimum Gasteiger partial charge on any atom is -0.348 e. The van der Waals surface area contributed by atoms with E-state index in [0.29, 0.717) is 6.54 Å². The Morgan fingerprint density at radius 2 is 2.29 bits per heavy atom. The number of amides is 1. The number of carbonyl (C=O) groups is 1. The molecular weight excluding hydrogens is 336 g/mol. The number of nitro benzene ring substituents is 1. The zero-order valence-corrected chi connectivity index (χ0v) is 13.5. The molecule has 128 valence electrons. The molecule has 0 aliphatic carbocycles. The number of hydrogen-bond acceptors (Lipinski definition) is 6. The summed E-state index contributed by atoms with van der Waals surface area (Å²) in [6.45, 7) is 1.66. The van der Waals surface area contributed by atoms with E-state index in [1.807, 2.05) is 0 Å². The third-order valence-corrected chi connectivity index (χ3v) is 3.73. The lowest BCUT2D eigenvalue weighted by molar-refractivity contribution is -0.384. The van der Waals surface area contributed by atoms with Crippen LogP contribution in [-0.4, -0.2) is 44.7 Å². The highest BCUT2D eigenvalue weighted by Gasteiger charge is 2.21. The van der Waals surface area contributed by atoms with Crippen molar-refractivity contribution in [2.45, 2.75) is 18.9 Å². The van der Waals surface area contributed by atoms with Gasteiger partial charge in [-0.1, -0.05) is 0 Å². The summed E-state index contributed by atoms with van der Waals surface area (Å²) >= 11 is 0. The number of nitrogens with zero attached hydrogens (tertiary/aromatic N) is 4. The molecule has 2 aromatic rings. The molecule has 0 bridgehead atoms. The number of hydrogen-bond donors (Lipinski definition) is 2. The van der Waals surface area contributed by atoms with E-state index in [-0.39, 0.29) is 41.3 Å². The van der Waals surface area contributed by atoms with Gasteiger partial charge in [0, 0.05) is 24.2 Å². The fourth-order valence-electron chi connectivity index (χ4n) is 2.58. The largest absolute Gasteiger partial charge is 0.348 e. The number of benzene rings is 1. The maximum Gasteiger partial charge on any atom is 0.295 e. The van der Waals surface area contributed by atoms with E-state index >= 15 is 0 Å². The van der Waals surface area contributed by atoms with Crippen molar-refractivity contribution in [2.24, 2.45) is 0 Å². The Hall–Kier alpha value is -2.52. The van der Waals surface area contributed by atoms with Crippen molar-refractivity contribution < 1.29 is 9.72 Å². The molecule has 1 fully saturated rings. The molecule has 10 heteroatoms. The maximum absolute atomic E-state index is 12.3. The van der Waals surface area contributed by atoms with Crippen LogP contribution < -0.4 is 10.6 Å². The van der Waals surface area contributed by atoms with Crippen LogP contribution >= 0.6 is 12.4 Å². The van der Waals surface area contributed by atoms with Gasteiger partial charge in [-0.2, -0.15) is 5.10 Å². The lowest BCUT2D eigenvalue weighted by atomic mass is 10.1. The first kappa shape index (κ1) is 17.8. The Bertz CT molecular complexity index is 715. The van der Waals surface area contributed by atoms with E-state index in [1.54, 1.807) is 6.07 Å². The molecule has 1 atom stereocenters. The van der Waals surface area contributed by atoms with E-state index in [0.717, 1.165) is 19.4 Å². The SMILES string of the molecule is Cl.O=C(N[C@H]1CCCNC1)c1ccc(-n2cncn2)c([N+](=O)[O-])c1. The summed E-state index contributed by atoms with van der Waals surface area (Å²) in [4.78, 5) is 26.8. The molecule has 0 radical (unpaired) electrons. The third-order valence-electron chi connectivity index (χ3n) is 3.73. The Morgan fingerprint density at radius 1 is 1.46 bits per heavy atom. The van der Waals surface area contributed by atoms with Gasteiger partial charge < -0.3 is 10.6 Å². The van der Waals surface area contributed by atoms with Gasteiger partial charge in [-0.05, 0) is 31.5 Å². The van der Waals surface area contributed by atoms with Crippen LogP contribution in [0.4, 0.5) is 5.69 Å². The van der Waals surface area contributed by atoms with E-state index < -0.39 is 4.92 Å². The molecule has 1 aliphatic heterocycles. The molecule has 0 spiro atoms. The van der Waals surface area contributed by atoms with Crippen molar-refractivity contribution in [3.63, 3.8) is 0 Å². The number of rotatable bonds is 4. The molecule has 3 rings (SSSR count). The van der Waals surface area contributed by atoms with Gasteiger partial charge in [0.15, 0.2) is 0 Å². The Morgan fingerprint density at radius 3 is 2.92 bits per heavy atom. The number of nitrogens with one attached hydrogen (secondary N) is 2. The number of carbonyl (C=O) groups excluding carboxylic acids is 1. The van der Waals surface area contributed by atoms with Crippen molar-refractivity contribution in [3.05, 3.63) is 46.5 Å². The van der Waals surface area contributed by atoms with E-state index in [2.05, 4.69) is 20.7 Å². The summed E-state index contributed by atoms with van der Waals surface area (Å²) in [5, 5.41) is 21.3. The maximum atomic E-state index is 12.3. The second-order valence-corrected chi connectivity index (χ2v) is 5.32. The predicted molar refractivity (Wildman–Crippen MR) is 88.6 cm³/mol. The topological polar surface area (TPSA) is 115 Å². The minimum atomic E-state index is -0.532. The molecule has 1 aromatic heterocycles. The first-order valence-corrected chi connectivity index (χ1v) is 7.30. The lowest BCUT2D eigenvalue weighted by Gasteiger charge is -2.23. The fraction of sp³-hybridized carbons (Fsp3) is 0.357. The van der Waals surface area contributed by atoms with Crippen LogP contribution in [0.2, 0.25) is 0 Å². The Labute approximate surface area is 144 Å². The highest BCUT2D eigenvalue weighted by Crippen LogP contribution is 2.23. The molecule has 9 nitrogen and oxygen atoms in total. The first-order chi connectivity index (χ1) is 11.1. The molecule has 1 aliphatic rings. The average Bonchev–Trinajstić information content (AvgIpc) is 3.09. The molecular formula is C14H17ClN6O3. The third kappa shape index (κ3) is 3.87. The first-order valence-electron chi connectivity index (χ1n) is 7.30. The number of halogens is 1. The van der Waals surface area contributed by atoms with Crippen LogP contribution in [0.25, 0.3) is 5.69 Å². The summed E-state index contributed by atoms with van der Waals surface area (Å²) in [6, 6.07) is 4.37. The lowest BCUT2D eigenvalue weighted by Crippen LogP contribution is -2.45. The van der Waals surface area contributed by atoms with Crippen molar-refractivity contribution in [1.29, 1.82) is 0 Å². The van der Waals surface area contributed by atoms with Crippen LogP contribution in [0, 0.1) is 10.1 Å². The zero-order valence-electron chi connectivity index (χ0n) is 12.7. The van der Waals surface area contributed by atoms with Gasteiger partial charge in [0.1, 0.15) is 18.3 Å². The van der Waals surface area contributed by atoms with Crippen LogP contribution in [0.1, 0.15) is 23.2 Å². The van der Waals surface area contributed by atoms with Crippen molar-refractivity contribution >= 4 is 24.0 Å². The van der Waals surface area contributed by atoms with Crippen LogP contribution in [0.5, 0.6) is 0 Å². The molecule has 1 saturated heterocycles. The van der Waals surface area contributed by atoms with E-state index in [1.165, 1.54) is 29.5 Å². The fourth-order valence-corrected chi connectivity index (χ4v) is 2.58. The van der Waals surface area contributed by atoms with Gasteiger partial charge >= 0.3 is 0 Å². The van der Waals surface area contributed by atoms with Gasteiger partial charge in [0.2, 0.25) is 0 Å². The second kappa shape index (κ2) is 7.84. The molecule has 1 aromatic carbocycles. The van der Waals surface area contributed by atoms with Crippen LogP contribution in [-0.2, 0) is 0 Å². The quantitative estimate of drug-likeness (QED) is 0.628. The summed E-state index contributed by atoms with van der Waals surface area (Å²) in [5.74, 6) is -0.313. The van der Waals surface area contributed by atoms with Crippen LogP contribution in [0.3, 0.4) is 0 Å². The minimum absolute atomic E-state index is 0. The molecule has 2 N–H and O–H groups in total. The monoisotopic (exact) mass is 352 g/mol. The predicted octanol–water partition coefficient (Wildman–Crippen LogP) is 1.08. The van der Waals surface area contributed by atoms with Crippen molar-refractivity contribution in [1.82, 2.24) is 25.4 Å². The van der Waals surface area contributed by atoms with Crippen molar-refractivity contribution in [3.8, 4) is 5.69 Å². The van der Waals surface area contributed by atoms with Crippen LogP contribution in [0.15, 0.2) is 30.9 Å². The summed E-state index contributed by atoms with van der Waals surface area (Å²) in [7, 11) is 0. The second-order valence-electron chi connectivity index (χ2n) is 5.32. The molecule has 0 saturated carbocycles. The van der Waals surface area contributed by atoms with Gasteiger partial charge in [0.05, 0.1) is 4.92 Å². The number of piperidine rings is 1. The highest BCUT2D eigenvalue weighted by atomic mass is 35.5. The molecule has 1 amide bonds. The molecule has 24 heavy (non-hydrogen) atoms. The van der Waals surface area contributed by atoms with E-state index in [4.69, 9.17) is 0 Å². The summed E-state index contributed by atoms with van der Waals surface area (Å²) < 4.78 is 1.30. The van der Waals surface area contributed by atoms with E-state index in [9.17, 15) is 14.9 Å². The number of aromatic nitrogens is 3. The Balaban J connectivity index is 0.00000208. The van der Waals surface area contributed by atoms with Gasteiger partial charge in [0.25, 0.3) is 11.6 Å². The number of nitro groups is 1. The zero-order chi connectivity index (χ0) is 16.2. The summed E-state index contributed by atoms with van der Waals surface area (Å²) in [6.07, 6.45) is 4.56. The average molecular weight is 353 g/mol. The van der Waals surface area contributed by atoms with Gasteiger partial charge in [-0.3, -0.25) is 14.9 Å². The smallest absolute Gasteiger partial charge is 0.295 e. The molecule has 2 heterocycles. The Kier molecular flexibility index (Phi) is 5.83. The highest BCUT2D eigenvalue weighted by molar-refractivity contribution is 5.95. The van der Waals surface area contributed by atoms with Gasteiger partial charge in [-0.15, -0.1) is 12.4 Å². The summed E-state index contributed by atoms with van der Waals surface area (Å²) in [5.41, 5.74) is 0.333. The normalized spacial score (nSPS) is 16.9. The van der Waals surface area contributed by atoms with Gasteiger partial charge in [-0.25, -0.2) is 9.67 Å².